The van der Waals surface area contributed by atoms with Crippen LogP contribution in [0, 0.1) is 16.0 Å². The lowest BCUT2D eigenvalue weighted by atomic mass is 9.82. The Hall–Kier alpha value is -5.40. The van der Waals surface area contributed by atoms with Crippen molar-refractivity contribution in [3.8, 4) is 5.69 Å². The largest absolute Gasteiger partial charge is 0.396 e. The van der Waals surface area contributed by atoms with Crippen LogP contribution in [0.5, 0.6) is 0 Å². The highest BCUT2D eigenvalue weighted by Crippen LogP contribution is 2.47. The zero-order chi connectivity index (χ0) is 31.7. The van der Waals surface area contributed by atoms with Crippen molar-refractivity contribution in [2.24, 2.45) is 5.92 Å². The summed E-state index contributed by atoms with van der Waals surface area (Å²) in [6, 6.07) is 18.4. The summed E-state index contributed by atoms with van der Waals surface area (Å²) in [5.41, 5.74) is 0.683. The first-order chi connectivity index (χ1) is 21.7. The van der Waals surface area contributed by atoms with Crippen LogP contribution in [-0.2, 0) is 29.9 Å². The summed E-state index contributed by atoms with van der Waals surface area (Å²) >= 11 is 0. The van der Waals surface area contributed by atoms with E-state index in [-0.39, 0.29) is 30.0 Å². The molecule has 3 aromatic carbocycles. The number of allylic oxidation sites excluding steroid dienone is 1. The van der Waals surface area contributed by atoms with Crippen LogP contribution in [0.2, 0.25) is 0 Å². The number of nitrogens with zero attached hydrogens (tertiary/aromatic N) is 6. The van der Waals surface area contributed by atoms with Gasteiger partial charge < -0.3 is 15.1 Å². The van der Waals surface area contributed by atoms with Gasteiger partial charge in [0.1, 0.15) is 0 Å². The normalized spacial score (nSPS) is 17.0. The van der Waals surface area contributed by atoms with E-state index in [4.69, 9.17) is 5.11 Å². The summed E-state index contributed by atoms with van der Waals surface area (Å²) in [5.74, 6) is -1.33. The van der Waals surface area contributed by atoms with E-state index in [1.54, 1.807) is 54.2 Å². The number of fused-ring (bicyclic) bond motifs is 2. The number of nitro benzene ring substituents is 1. The van der Waals surface area contributed by atoms with Crippen LogP contribution in [0.1, 0.15) is 30.2 Å². The Labute approximate surface area is 256 Å². The molecule has 1 amide bonds. The number of rotatable bonds is 11. The lowest BCUT2D eigenvalue weighted by Gasteiger charge is -2.27. The molecule has 6 rings (SSSR count). The highest BCUT2D eigenvalue weighted by molar-refractivity contribution is 6.07. The van der Waals surface area contributed by atoms with E-state index in [1.165, 1.54) is 27.8 Å². The molecule has 3 N–H and O–H groups in total. The van der Waals surface area contributed by atoms with Crippen molar-refractivity contribution in [2.45, 2.75) is 38.5 Å². The van der Waals surface area contributed by atoms with Gasteiger partial charge in [0.05, 0.1) is 39.4 Å². The quantitative estimate of drug-likeness (QED) is 0.116. The van der Waals surface area contributed by atoms with E-state index >= 15 is 0 Å². The van der Waals surface area contributed by atoms with Crippen LogP contribution in [0.25, 0.3) is 16.6 Å². The molecule has 0 spiro atoms. The molecule has 2 aromatic heterocycles. The Kier molecular flexibility index (Phi) is 7.87. The van der Waals surface area contributed by atoms with Gasteiger partial charge in [-0.1, -0.05) is 48.6 Å². The number of aliphatic hydroxyl groups is 2. The monoisotopic (exact) mass is 609 g/mol. The van der Waals surface area contributed by atoms with E-state index in [0.717, 1.165) is 0 Å². The van der Waals surface area contributed by atoms with Gasteiger partial charge in [0, 0.05) is 49.4 Å². The topological polar surface area (TPSA) is 172 Å². The van der Waals surface area contributed by atoms with Crippen molar-refractivity contribution in [1.82, 2.24) is 24.8 Å². The number of amides is 1. The van der Waals surface area contributed by atoms with Crippen LogP contribution in [-0.4, -0.2) is 52.4 Å². The van der Waals surface area contributed by atoms with Crippen molar-refractivity contribution in [1.29, 1.82) is 0 Å². The first-order valence-corrected chi connectivity index (χ1v) is 14.5. The number of hydrogen-bond acceptors (Lipinski definition) is 8. The molecule has 0 unspecified atom stereocenters. The predicted molar refractivity (Wildman–Crippen MR) is 166 cm³/mol. The van der Waals surface area contributed by atoms with Gasteiger partial charge in [0.2, 0.25) is 0 Å². The number of anilines is 1. The number of nitrogens with one attached hydrogen (secondary N) is 1. The van der Waals surface area contributed by atoms with Gasteiger partial charge in [0.25, 0.3) is 17.2 Å². The number of para-hydroxylation sites is 1. The predicted octanol–water partition coefficient (Wildman–Crippen LogP) is 3.37. The standard InChI is InChI=1S/C32H31N7O6/c1-21(7-4-5-15-36-20-23(14-16-40)33-35-36)32(43)27-18-25(39(44)45)12-13-29(27)37(31(32)42)19-22-8-6-9-24(17-22)38-30(41)26-10-2-3-11-28(26)34-38/h2-4,6-13,17-18,20-21,34,40,43H,5,14-16,19H2,1H3/b7-4+/t21-,32+/m1/s1. The third kappa shape index (κ3) is 5.43. The van der Waals surface area contributed by atoms with Crippen LogP contribution < -0.4 is 10.5 Å². The minimum Gasteiger partial charge on any atom is -0.396 e. The number of aromatic amines is 1. The van der Waals surface area contributed by atoms with Crippen molar-refractivity contribution in [3.63, 3.8) is 0 Å². The maximum atomic E-state index is 14.0. The van der Waals surface area contributed by atoms with E-state index in [2.05, 4.69) is 15.4 Å². The molecular formula is C32H31N7O6. The Morgan fingerprint density at radius 2 is 1.93 bits per heavy atom. The van der Waals surface area contributed by atoms with Crippen molar-refractivity contribution in [2.75, 3.05) is 11.5 Å². The maximum Gasteiger partial charge on any atom is 0.279 e. The number of nitro groups is 1. The summed E-state index contributed by atoms with van der Waals surface area (Å²) in [4.78, 5) is 39.6. The summed E-state index contributed by atoms with van der Waals surface area (Å²) in [7, 11) is 0. The fourth-order valence-electron chi connectivity index (χ4n) is 5.75. The van der Waals surface area contributed by atoms with Gasteiger partial charge in [0.15, 0.2) is 5.60 Å². The lowest BCUT2D eigenvalue weighted by Crippen LogP contribution is -2.44. The highest BCUT2D eigenvalue weighted by atomic mass is 16.6. The minimum absolute atomic E-state index is 0.0189. The van der Waals surface area contributed by atoms with Gasteiger partial charge in [-0.05, 0) is 42.3 Å². The molecule has 2 atom stereocenters. The maximum absolute atomic E-state index is 14.0. The second-order valence-electron chi connectivity index (χ2n) is 11.0. The van der Waals surface area contributed by atoms with E-state index in [1.807, 2.05) is 24.3 Å². The number of aromatic nitrogens is 5. The Balaban J connectivity index is 1.27. The van der Waals surface area contributed by atoms with Gasteiger partial charge in [-0.3, -0.25) is 29.5 Å². The van der Waals surface area contributed by atoms with Gasteiger partial charge in [-0.25, -0.2) is 4.68 Å². The molecule has 13 heteroatoms. The van der Waals surface area contributed by atoms with Crippen LogP contribution >= 0.6 is 0 Å². The first kappa shape index (κ1) is 29.7. The van der Waals surface area contributed by atoms with E-state index in [9.17, 15) is 24.8 Å². The Bertz CT molecular complexity index is 1990. The van der Waals surface area contributed by atoms with Crippen LogP contribution in [0.4, 0.5) is 11.4 Å². The van der Waals surface area contributed by atoms with E-state index in [0.29, 0.717) is 52.9 Å². The molecule has 0 fully saturated rings. The number of carbonyl (C=O) groups excluding carboxylic acids is 1. The SMILES string of the molecule is C[C@H](/C=C/CCn1cc(CCO)nn1)[C@@]1(O)C(=O)N(Cc2cccc(-n3[nH]c4ccccc4c3=O)c2)c2ccc([N+](=O)[O-])cc21. The Morgan fingerprint density at radius 3 is 2.71 bits per heavy atom. The lowest BCUT2D eigenvalue weighted by molar-refractivity contribution is -0.385. The molecule has 0 saturated heterocycles. The number of non-ortho nitro benzene ring substituents is 1. The Morgan fingerprint density at radius 1 is 1.11 bits per heavy atom. The zero-order valence-electron chi connectivity index (χ0n) is 24.4. The minimum atomic E-state index is -2.05. The molecule has 0 saturated carbocycles. The van der Waals surface area contributed by atoms with Crippen LogP contribution in [0.3, 0.4) is 0 Å². The zero-order valence-corrected chi connectivity index (χ0v) is 24.4. The average Bonchev–Trinajstić information content (AvgIpc) is 3.70. The third-order valence-electron chi connectivity index (χ3n) is 8.13. The smallest absolute Gasteiger partial charge is 0.279 e. The molecule has 45 heavy (non-hydrogen) atoms. The third-order valence-corrected chi connectivity index (χ3v) is 8.13. The average molecular weight is 610 g/mol. The molecule has 13 nitrogen and oxygen atoms in total. The first-order valence-electron chi connectivity index (χ1n) is 14.5. The molecule has 230 valence electrons. The van der Waals surface area contributed by atoms with Crippen molar-refractivity contribution < 1.29 is 19.9 Å². The second kappa shape index (κ2) is 11.9. The number of H-pyrrole nitrogens is 1. The molecular weight excluding hydrogens is 578 g/mol. The van der Waals surface area contributed by atoms with Crippen molar-refractivity contribution in [3.05, 3.63) is 122 Å². The highest BCUT2D eigenvalue weighted by Gasteiger charge is 2.53. The van der Waals surface area contributed by atoms with Crippen molar-refractivity contribution >= 4 is 28.2 Å². The molecule has 1 aliphatic heterocycles. The van der Waals surface area contributed by atoms with Gasteiger partial charge >= 0.3 is 0 Å². The van der Waals surface area contributed by atoms with Gasteiger partial charge in [-0.2, -0.15) is 0 Å². The van der Waals surface area contributed by atoms with E-state index < -0.39 is 22.3 Å². The molecule has 5 aromatic rings. The summed E-state index contributed by atoms with van der Waals surface area (Å²) in [6.45, 7) is 2.24. The number of benzene rings is 3. The molecule has 0 aliphatic carbocycles. The fraction of sp³-hybridized carbons (Fsp3) is 0.250. The second-order valence-corrected chi connectivity index (χ2v) is 11.0. The molecule has 0 radical (unpaired) electrons. The molecule has 3 heterocycles. The summed E-state index contributed by atoms with van der Waals surface area (Å²) in [6.07, 6.45) is 6.24. The fourth-order valence-corrected chi connectivity index (χ4v) is 5.75. The summed E-state index contributed by atoms with van der Waals surface area (Å²) in [5, 5.41) is 44.4. The van der Waals surface area contributed by atoms with Crippen LogP contribution in [0.15, 0.2) is 89.9 Å². The number of aryl methyl sites for hydroxylation is 1. The number of carbonyl (C=O) groups is 1. The van der Waals surface area contributed by atoms with Gasteiger partial charge in [-0.15, -0.1) is 5.10 Å². The number of hydrogen-bond donors (Lipinski definition) is 3. The molecule has 1 aliphatic rings. The number of aliphatic hydroxyl groups excluding tert-OH is 1. The molecule has 0 bridgehead atoms. The summed E-state index contributed by atoms with van der Waals surface area (Å²) < 4.78 is 3.08.